The number of rotatable bonds is 2. The van der Waals surface area contributed by atoms with Crippen LogP contribution in [-0.2, 0) is 0 Å². The third-order valence-corrected chi connectivity index (χ3v) is 0.718. The minimum absolute atomic E-state index is 0.195. The first-order valence-electron chi connectivity index (χ1n) is 2.25. The second-order valence-corrected chi connectivity index (χ2v) is 1.36. The van der Waals surface area contributed by atoms with Crippen LogP contribution in [0.2, 0.25) is 0 Å². The molecule has 7 N–H and O–H groups in total. The summed E-state index contributed by atoms with van der Waals surface area (Å²) in [6, 6.07) is 0. The number of nitrogens with two attached hydrogens (primary N) is 3. The summed E-state index contributed by atoms with van der Waals surface area (Å²) in [5.41, 5.74) is 17.2. The summed E-state index contributed by atoms with van der Waals surface area (Å²) in [6.45, 7) is 0. The lowest BCUT2D eigenvalue weighted by Crippen LogP contribution is -2.36. The van der Waals surface area contributed by atoms with Crippen LogP contribution < -0.4 is 22.6 Å². The Morgan fingerprint density at radius 1 is 1.44 bits per heavy atom. The first kappa shape index (κ1) is 7.86. The second-order valence-electron chi connectivity index (χ2n) is 1.36. The zero-order chi connectivity index (χ0) is 7.44. The van der Waals surface area contributed by atoms with Crippen LogP contribution in [0.3, 0.4) is 0 Å². The van der Waals surface area contributed by atoms with Gasteiger partial charge in [0.15, 0.2) is 0 Å². The van der Waals surface area contributed by atoms with E-state index in [-0.39, 0.29) is 16.8 Å². The molecule has 0 aliphatic heterocycles. The summed E-state index contributed by atoms with van der Waals surface area (Å²) in [5, 5.41) is 10.7. The molecule has 0 aliphatic rings. The molecule has 54 valence electrons. The van der Waals surface area contributed by atoms with Crippen LogP contribution in [-0.4, -0.2) is 12.2 Å². The molecule has 0 aromatic heterocycles. The molecule has 0 aromatic rings. The van der Waals surface area contributed by atoms with E-state index in [9.17, 15) is 5.21 Å². The van der Waals surface area contributed by atoms with Crippen molar-refractivity contribution in [2.45, 2.75) is 0 Å². The molecule has 0 saturated heterocycles. The third kappa shape index (κ3) is 2.06. The maximum atomic E-state index is 10.4. The van der Waals surface area contributed by atoms with E-state index in [4.69, 9.17) is 17.2 Å². The molecule has 0 spiro atoms. The van der Waals surface area contributed by atoms with Gasteiger partial charge < -0.3 is 27.6 Å². The van der Waals surface area contributed by atoms with Crippen molar-refractivity contribution in [2.75, 3.05) is 7.05 Å². The van der Waals surface area contributed by atoms with Gasteiger partial charge in [-0.3, -0.25) is 0 Å². The fraction of sp³-hybridized carbons (Fsp3) is 0.333. The molecule has 6 heteroatoms. The smallest absolute Gasteiger partial charge is 0.143 e. The SMILES string of the molecule is CNN([O-])C(N)=C(N)N. The fourth-order valence-electron chi connectivity index (χ4n) is 0.238. The van der Waals surface area contributed by atoms with Gasteiger partial charge in [-0.1, -0.05) is 0 Å². The Bertz CT molecular complexity index is 117. The van der Waals surface area contributed by atoms with Crippen LogP contribution in [0.25, 0.3) is 0 Å². The van der Waals surface area contributed by atoms with Gasteiger partial charge in [0.05, 0.1) is 0 Å². The Labute approximate surface area is 52.8 Å². The van der Waals surface area contributed by atoms with Crippen molar-refractivity contribution in [3.8, 4) is 0 Å². The van der Waals surface area contributed by atoms with Crippen molar-refractivity contribution < 1.29 is 0 Å². The van der Waals surface area contributed by atoms with Gasteiger partial charge in [-0.25, -0.2) is 5.43 Å². The second kappa shape index (κ2) is 3.00. The topological polar surface area (TPSA) is 116 Å². The number of nitrogens with one attached hydrogen (secondary N) is 1. The molecular weight excluding hydrogens is 122 g/mol. The zero-order valence-corrected chi connectivity index (χ0v) is 5.09. The zero-order valence-electron chi connectivity index (χ0n) is 5.09. The maximum Gasteiger partial charge on any atom is 0.143 e. The van der Waals surface area contributed by atoms with Gasteiger partial charge >= 0.3 is 0 Å². The third-order valence-electron chi connectivity index (χ3n) is 0.718. The molecule has 0 aliphatic carbocycles. The van der Waals surface area contributed by atoms with E-state index in [1.54, 1.807) is 0 Å². The van der Waals surface area contributed by atoms with Crippen molar-refractivity contribution in [1.82, 2.24) is 10.6 Å². The highest BCUT2D eigenvalue weighted by molar-refractivity contribution is 5.01. The highest BCUT2D eigenvalue weighted by atomic mass is 16.5. The minimum atomic E-state index is -0.225. The molecule has 6 nitrogen and oxygen atoms in total. The lowest BCUT2D eigenvalue weighted by molar-refractivity contribution is 0.367. The predicted molar refractivity (Wildman–Crippen MR) is 33.9 cm³/mol. The summed E-state index contributed by atoms with van der Waals surface area (Å²) in [6.07, 6.45) is 0. The average molecular weight is 132 g/mol. The molecule has 0 atom stereocenters. The number of hydrogen-bond donors (Lipinski definition) is 4. The number of hydroxylamine groups is 1. The van der Waals surface area contributed by atoms with Gasteiger partial charge in [-0.2, -0.15) is 0 Å². The Balaban J connectivity index is 4.02. The fourth-order valence-corrected chi connectivity index (χ4v) is 0.238. The van der Waals surface area contributed by atoms with Crippen molar-refractivity contribution in [3.63, 3.8) is 0 Å². The Hall–Kier alpha value is -1.14. The molecule has 0 aromatic carbocycles. The molecule has 0 bridgehead atoms. The van der Waals surface area contributed by atoms with Crippen LogP contribution >= 0.6 is 0 Å². The number of hydrazine groups is 1. The van der Waals surface area contributed by atoms with E-state index >= 15 is 0 Å². The first-order chi connectivity index (χ1) is 4.09. The molecule has 0 fully saturated rings. The van der Waals surface area contributed by atoms with Crippen molar-refractivity contribution in [3.05, 3.63) is 16.8 Å². The van der Waals surface area contributed by atoms with Gasteiger partial charge in [0.25, 0.3) is 0 Å². The van der Waals surface area contributed by atoms with Gasteiger partial charge in [-0.05, 0) is 0 Å². The Kier molecular flexibility index (Phi) is 2.62. The van der Waals surface area contributed by atoms with E-state index in [0.29, 0.717) is 0 Å². The van der Waals surface area contributed by atoms with E-state index in [2.05, 4.69) is 5.43 Å². The number of nitrogens with zero attached hydrogens (tertiary/aromatic N) is 1. The van der Waals surface area contributed by atoms with Gasteiger partial charge in [-0.15, -0.1) is 0 Å². The van der Waals surface area contributed by atoms with E-state index in [1.165, 1.54) is 7.05 Å². The Morgan fingerprint density at radius 3 is 2.00 bits per heavy atom. The summed E-state index contributed by atoms with van der Waals surface area (Å²) in [4.78, 5) is 0. The highest BCUT2D eigenvalue weighted by Crippen LogP contribution is 1.87. The lowest BCUT2D eigenvalue weighted by Gasteiger charge is -2.28. The molecule has 9 heavy (non-hydrogen) atoms. The van der Waals surface area contributed by atoms with E-state index in [0.717, 1.165) is 0 Å². The molecule has 0 saturated carbocycles. The molecule has 0 radical (unpaired) electrons. The minimum Gasteiger partial charge on any atom is -0.742 e. The largest absolute Gasteiger partial charge is 0.742 e. The van der Waals surface area contributed by atoms with Crippen molar-refractivity contribution >= 4 is 0 Å². The van der Waals surface area contributed by atoms with E-state index in [1.807, 2.05) is 0 Å². The number of hydrogen-bond acceptors (Lipinski definition) is 6. The summed E-state index contributed by atoms with van der Waals surface area (Å²) >= 11 is 0. The van der Waals surface area contributed by atoms with Crippen LogP contribution in [0.5, 0.6) is 0 Å². The van der Waals surface area contributed by atoms with Gasteiger partial charge in [0, 0.05) is 7.05 Å². The Morgan fingerprint density at radius 2 is 1.89 bits per heavy atom. The van der Waals surface area contributed by atoms with Crippen LogP contribution in [0, 0.1) is 5.21 Å². The first-order valence-corrected chi connectivity index (χ1v) is 2.25. The van der Waals surface area contributed by atoms with Crippen LogP contribution in [0.15, 0.2) is 11.6 Å². The average Bonchev–Trinajstić information content (AvgIpc) is 1.84. The molecule has 0 unspecified atom stereocenters. The predicted octanol–water partition coefficient (Wildman–Crippen LogP) is -2.08. The van der Waals surface area contributed by atoms with Crippen molar-refractivity contribution in [2.24, 2.45) is 17.2 Å². The standard InChI is InChI=1S/C3H10N5O/c1-7-8(9)3(6)2(4)5/h7H,4-6H2,1H3/q-1. The normalized spacial score (nSPS) is 8.67. The van der Waals surface area contributed by atoms with Crippen molar-refractivity contribution in [1.29, 1.82) is 0 Å². The quantitative estimate of drug-likeness (QED) is 0.320. The van der Waals surface area contributed by atoms with Crippen LogP contribution in [0.1, 0.15) is 0 Å². The summed E-state index contributed by atoms with van der Waals surface area (Å²) in [7, 11) is 1.41. The molecule has 0 rings (SSSR count). The summed E-state index contributed by atoms with van der Waals surface area (Å²) in [5.74, 6) is -0.420. The highest BCUT2D eigenvalue weighted by Gasteiger charge is 1.92. The summed E-state index contributed by atoms with van der Waals surface area (Å²) < 4.78 is 0. The molecule has 0 heterocycles. The van der Waals surface area contributed by atoms with Gasteiger partial charge in [0.1, 0.15) is 11.6 Å². The maximum absolute atomic E-state index is 10.4. The van der Waals surface area contributed by atoms with Gasteiger partial charge in [0.2, 0.25) is 0 Å². The molecule has 0 amide bonds. The lowest BCUT2D eigenvalue weighted by atomic mass is 10.7. The van der Waals surface area contributed by atoms with E-state index < -0.39 is 0 Å². The van der Waals surface area contributed by atoms with Crippen LogP contribution in [0.4, 0.5) is 0 Å². The monoisotopic (exact) mass is 132 g/mol. The molecular formula is C3H10N5O-.